The number of aromatic nitrogens is 4. The number of nitrogens with zero attached hydrogens (tertiary/aromatic N) is 6. The van der Waals surface area contributed by atoms with Gasteiger partial charge in [0.1, 0.15) is 6.10 Å². The molecule has 31 heavy (non-hydrogen) atoms. The van der Waals surface area contributed by atoms with Gasteiger partial charge in [0.05, 0.1) is 34.9 Å². The van der Waals surface area contributed by atoms with Gasteiger partial charge in [-0.2, -0.15) is 0 Å². The van der Waals surface area contributed by atoms with Gasteiger partial charge in [-0.15, -0.1) is 4.91 Å². The second kappa shape index (κ2) is 7.71. The van der Waals surface area contributed by atoms with Gasteiger partial charge in [0.25, 0.3) is 0 Å². The molecule has 0 N–H and O–H groups in total. The number of pyridine rings is 3. The molecule has 0 saturated heterocycles. The lowest BCUT2D eigenvalue weighted by atomic mass is 9.92. The van der Waals surface area contributed by atoms with Crippen LogP contribution in [0.2, 0.25) is 0 Å². The van der Waals surface area contributed by atoms with E-state index in [1.807, 2.05) is 44.3 Å². The Morgan fingerprint density at radius 2 is 2.03 bits per heavy atom. The highest BCUT2D eigenvalue weighted by molar-refractivity contribution is 5.95. The SMILES string of the molecule is CC1=NOC(C)C1c1cnc2c(-c3ccc(N=O)nc3)cn(Cc3ccccn3)c2c1. The topological polar surface area (TPSA) is 94.6 Å². The van der Waals surface area contributed by atoms with Crippen LogP contribution in [0.15, 0.2) is 71.5 Å². The normalized spacial score (nSPS) is 18.1. The first-order chi connectivity index (χ1) is 15.1. The van der Waals surface area contributed by atoms with Crippen LogP contribution < -0.4 is 0 Å². The average Bonchev–Trinajstić information content (AvgIpc) is 3.33. The van der Waals surface area contributed by atoms with Gasteiger partial charge in [-0.05, 0) is 54.9 Å². The maximum Gasteiger partial charge on any atom is 0.196 e. The number of oxime groups is 1. The van der Waals surface area contributed by atoms with E-state index in [2.05, 4.69) is 37.1 Å². The summed E-state index contributed by atoms with van der Waals surface area (Å²) in [7, 11) is 0. The van der Waals surface area contributed by atoms with E-state index in [4.69, 9.17) is 9.82 Å². The third kappa shape index (κ3) is 3.46. The van der Waals surface area contributed by atoms with Gasteiger partial charge in [-0.3, -0.25) is 9.97 Å². The zero-order valence-electron chi connectivity index (χ0n) is 17.1. The molecule has 4 aromatic heterocycles. The van der Waals surface area contributed by atoms with Crippen molar-refractivity contribution in [3.05, 3.63) is 77.4 Å². The molecule has 0 bridgehead atoms. The molecule has 0 aromatic carbocycles. The lowest BCUT2D eigenvalue weighted by Crippen LogP contribution is -2.16. The molecule has 0 spiro atoms. The lowest BCUT2D eigenvalue weighted by molar-refractivity contribution is 0.0904. The molecule has 5 rings (SSSR count). The Bertz CT molecular complexity index is 1280. The van der Waals surface area contributed by atoms with Gasteiger partial charge in [0.15, 0.2) is 5.82 Å². The van der Waals surface area contributed by atoms with Crippen LogP contribution in [0, 0.1) is 4.91 Å². The first-order valence-corrected chi connectivity index (χ1v) is 10.0. The molecule has 2 unspecified atom stereocenters. The van der Waals surface area contributed by atoms with E-state index >= 15 is 0 Å². The van der Waals surface area contributed by atoms with Crippen LogP contribution in [0.3, 0.4) is 0 Å². The minimum atomic E-state index is -0.0366. The Morgan fingerprint density at radius 3 is 2.71 bits per heavy atom. The molecule has 0 radical (unpaired) electrons. The first kappa shape index (κ1) is 19.0. The van der Waals surface area contributed by atoms with Crippen LogP contribution >= 0.6 is 0 Å². The quantitative estimate of drug-likeness (QED) is 0.438. The largest absolute Gasteiger partial charge is 0.392 e. The highest BCUT2D eigenvalue weighted by Crippen LogP contribution is 2.34. The van der Waals surface area contributed by atoms with Gasteiger partial charge in [-0.25, -0.2) is 4.98 Å². The molecule has 4 aromatic rings. The zero-order chi connectivity index (χ0) is 21.4. The molecular formula is C23H20N6O2. The van der Waals surface area contributed by atoms with Crippen molar-refractivity contribution in [3.8, 4) is 11.1 Å². The first-order valence-electron chi connectivity index (χ1n) is 10.0. The van der Waals surface area contributed by atoms with Crippen LogP contribution in [0.25, 0.3) is 22.2 Å². The van der Waals surface area contributed by atoms with Gasteiger partial charge in [-0.1, -0.05) is 11.2 Å². The molecule has 0 fully saturated rings. The summed E-state index contributed by atoms with van der Waals surface area (Å²) >= 11 is 0. The van der Waals surface area contributed by atoms with Gasteiger partial charge in [0.2, 0.25) is 0 Å². The van der Waals surface area contributed by atoms with Gasteiger partial charge < -0.3 is 9.40 Å². The van der Waals surface area contributed by atoms with Crippen molar-refractivity contribution in [2.75, 3.05) is 0 Å². The molecule has 1 aliphatic heterocycles. The molecule has 2 atom stereocenters. The highest BCUT2D eigenvalue weighted by atomic mass is 16.6. The smallest absolute Gasteiger partial charge is 0.196 e. The fourth-order valence-electron chi connectivity index (χ4n) is 4.10. The van der Waals surface area contributed by atoms with Crippen molar-refractivity contribution in [1.29, 1.82) is 0 Å². The summed E-state index contributed by atoms with van der Waals surface area (Å²) in [5, 5.41) is 7.03. The third-order valence-electron chi connectivity index (χ3n) is 5.59. The number of fused-ring (bicyclic) bond motifs is 1. The summed E-state index contributed by atoms with van der Waals surface area (Å²) in [6, 6.07) is 11.5. The zero-order valence-corrected chi connectivity index (χ0v) is 17.1. The Labute approximate surface area is 178 Å². The van der Waals surface area contributed by atoms with Crippen molar-refractivity contribution in [2.45, 2.75) is 32.4 Å². The minimum Gasteiger partial charge on any atom is -0.392 e. The molecule has 8 nitrogen and oxygen atoms in total. The summed E-state index contributed by atoms with van der Waals surface area (Å²) in [6.45, 7) is 4.60. The van der Waals surface area contributed by atoms with Crippen LogP contribution in [0.5, 0.6) is 0 Å². The number of hydrogen-bond acceptors (Lipinski definition) is 7. The second-order valence-electron chi connectivity index (χ2n) is 7.65. The Balaban J connectivity index is 1.65. The molecule has 1 aliphatic rings. The summed E-state index contributed by atoms with van der Waals surface area (Å²) in [4.78, 5) is 29.6. The van der Waals surface area contributed by atoms with Crippen LogP contribution in [0.1, 0.15) is 31.0 Å². The summed E-state index contributed by atoms with van der Waals surface area (Å²) in [5.41, 5.74) is 6.60. The Morgan fingerprint density at radius 1 is 1.13 bits per heavy atom. The number of nitroso groups, excluding NO2 is 1. The molecule has 154 valence electrons. The van der Waals surface area contributed by atoms with Gasteiger partial charge >= 0.3 is 0 Å². The van der Waals surface area contributed by atoms with E-state index < -0.39 is 0 Å². The monoisotopic (exact) mass is 412 g/mol. The van der Waals surface area contributed by atoms with Crippen molar-refractivity contribution in [2.24, 2.45) is 10.3 Å². The minimum absolute atomic E-state index is 0.0366. The predicted molar refractivity (Wildman–Crippen MR) is 118 cm³/mol. The number of rotatable bonds is 5. The van der Waals surface area contributed by atoms with Gasteiger partial charge in [0, 0.05) is 35.9 Å². The van der Waals surface area contributed by atoms with Crippen molar-refractivity contribution in [3.63, 3.8) is 0 Å². The van der Waals surface area contributed by atoms with E-state index in [0.717, 1.165) is 39.1 Å². The van der Waals surface area contributed by atoms with E-state index in [-0.39, 0.29) is 17.8 Å². The average molecular weight is 412 g/mol. The standard InChI is InChI=1S/C23H20N6O2/c1-14-22(15(2)31-28-14)17-9-20-23(26-11-17)19(16-6-7-21(27-30)25-10-16)13-29(20)12-18-5-3-4-8-24-18/h3-11,13,15,22H,12H2,1-2H3. The van der Waals surface area contributed by atoms with E-state index in [9.17, 15) is 4.91 Å². The molecule has 0 saturated carbocycles. The van der Waals surface area contributed by atoms with Crippen molar-refractivity contribution in [1.82, 2.24) is 19.5 Å². The maximum absolute atomic E-state index is 10.7. The Kier molecular flexibility index (Phi) is 4.74. The highest BCUT2D eigenvalue weighted by Gasteiger charge is 2.30. The van der Waals surface area contributed by atoms with Crippen molar-refractivity contribution >= 4 is 22.6 Å². The van der Waals surface area contributed by atoms with E-state index in [1.54, 1.807) is 18.5 Å². The third-order valence-corrected chi connectivity index (χ3v) is 5.59. The summed E-state index contributed by atoms with van der Waals surface area (Å²) in [6.07, 6.45) is 7.34. The molecule has 8 heteroatoms. The molecule has 5 heterocycles. The fraction of sp³-hybridized carbons (Fsp3) is 0.217. The van der Waals surface area contributed by atoms with Crippen LogP contribution in [0.4, 0.5) is 5.82 Å². The second-order valence-corrected chi connectivity index (χ2v) is 7.65. The van der Waals surface area contributed by atoms with Crippen molar-refractivity contribution < 1.29 is 4.84 Å². The predicted octanol–water partition coefficient (Wildman–Crippen LogP) is 4.82. The summed E-state index contributed by atoms with van der Waals surface area (Å²) in [5.74, 6) is 0.222. The molecule has 0 aliphatic carbocycles. The van der Waals surface area contributed by atoms with Crippen LogP contribution in [-0.4, -0.2) is 31.3 Å². The molecular weight excluding hydrogens is 392 g/mol. The maximum atomic E-state index is 10.7. The number of hydrogen-bond donors (Lipinski definition) is 0. The Hall–Kier alpha value is -3.94. The van der Waals surface area contributed by atoms with E-state index in [1.165, 1.54) is 0 Å². The lowest BCUT2D eigenvalue weighted by Gasteiger charge is -2.14. The van der Waals surface area contributed by atoms with Crippen LogP contribution in [-0.2, 0) is 11.4 Å². The molecule has 0 amide bonds. The van der Waals surface area contributed by atoms with E-state index in [0.29, 0.717) is 6.54 Å². The fourth-order valence-corrected chi connectivity index (χ4v) is 4.10. The summed E-state index contributed by atoms with van der Waals surface area (Å²) < 4.78 is 2.14.